The summed E-state index contributed by atoms with van der Waals surface area (Å²) in [5, 5.41) is 5.14. The Labute approximate surface area is 209 Å². The molecule has 0 aliphatic carbocycles. The molecule has 0 saturated heterocycles. The van der Waals surface area contributed by atoms with E-state index >= 15 is 0 Å². The molecule has 1 heterocycles. The van der Waals surface area contributed by atoms with Crippen molar-refractivity contribution in [1.82, 2.24) is 0 Å². The van der Waals surface area contributed by atoms with Crippen LogP contribution in [0.15, 0.2) is 65.3 Å². The van der Waals surface area contributed by atoms with Crippen molar-refractivity contribution in [3.63, 3.8) is 0 Å². The predicted octanol–water partition coefficient (Wildman–Crippen LogP) is 8.46. The molecule has 4 rings (SSSR count). The third-order valence-corrected chi connectivity index (χ3v) is 6.45. The minimum atomic E-state index is -0.242. The Morgan fingerprint density at radius 1 is 1.09 bits per heavy atom. The lowest BCUT2D eigenvalue weighted by atomic mass is 9.96. The zero-order valence-electron chi connectivity index (χ0n) is 19.5. The number of benzene rings is 3. The van der Waals surface area contributed by atoms with Gasteiger partial charge in [0.05, 0.1) is 12.9 Å². The smallest absolute Gasteiger partial charge is 0.248 e. The normalized spacial score (nSPS) is 11.6. The van der Waals surface area contributed by atoms with Gasteiger partial charge in [-0.1, -0.05) is 41.4 Å². The zero-order chi connectivity index (χ0) is 24.4. The van der Waals surface area contributed by atoms with Crippen LogP contribution in [0.2, 0.25) is 10.0 Å². The molecule has 1 amide bonds. The van der Waals surface area contributed by atoms with Crippen LogP contribution in [0.25, 0.3) is 27.7 Å². The second-order valence-corrected chi connectivity index (χ2v) is 8.92. The molecule has 0 radical (unpaired) electrons. The Kier molecular flexibility index (Phi) is 7.01. The van der Waals surface area contributed by atoms with E-state index in [0.717, 1.165) is 44.4 Å². The lowest BCUT2D eigenvalue weighted by Crippen LogP contribution is -2.10. The number of rotatable bonds is 6. The maximum Gasteiger partial charge on any atom is 0.248 e. The maximum atomic E-state index is 12.8. The molecule has 0 bridgehead atoms. The van der Waals surface area contributed by atoms with E-state index in [9.17, 15) is 4.79 Å². The summed E-state index contributed by atoms with van der Waals surface area (Å²) in [5.74, 6) is 0.459. The number of hydrogen-bond donors (Lipinski definition) is 1. The average molecular weight is 494 g/mol. The molecule has 0 spiro atoms. The summed E-state index contributed by atoms with van der Waals surface area (Å²) in [6.45, 7) is 8.16. The number of nitrogens with one attached hydrogen (secondary N) is 1. The van der Waals surface area contributed by atoms with Gasteiger partial charge in [0.15, 0.2) is 0 Å². The molecule has 6 heteroatoms. The van der Waals surface area contributed by atoms with E-state index < -0.39 is 0 Å². The molecule has 0 aliphatic rings. The number of allylic oxidation sites excluding steroid dienone is 1. The second-order valence-electron chi connectivity index (χ2n) is 8.07. The second kappa shape index (κ2) is 9.96. The summed E-state index contributed by atoms with van der Waals surface area (Å²) in [5.41, 5.74) is 6.69. The van der Waals surface area contributed by atoms with Crippen molar-refractivity contribution in [2.45, 2.75) is 27.7 Å². The first-order valence-electron chi connectivity index (χ1n) is 11.0. The van der Waals surface area contributed by atoms with Gasteiger partial charge < -0.3 is 14.5 Å². The maximum absolute atomic E-state index is 12.8. The number of ether oxygens (including phenoxy) is 1. The number of halogens is 2. The monoisotopic (exact) mass is 493 g/mol. The van der Waals surface area contributed by atoms with Gasteiger partial charge in [0.2, 0.25) is 5.91 Å². The number of fused-ring (bicyclic) bond motifs is 1. The number of furan rings is 1. The van der Waals surface area contributed by atoms with E-state index in [2.05, 4.69) is 5.32 Å². The molecule has 0 atom stereocenters. The van der Waals surface area contributed by atoms with Crippen LogP contribution in [-0.2, 0) is 4.79 Å². The Bertz CT molecular complexity index is 1400. The van der Waals surface area contributed by atoms with Gasteiger partial charge in [-0.3, -0.25) is 4.79 Å². The zero-order valence-corrected chi connectivity index (χ0v) is 21.0. The number of aryl methyl sites for hydroxylation is 1. The average Bonchev–Trinajstić information content (AvgIpc) is 3.23. The first kappa shape index (κ1) is 23.9. The summed E-state index contributed by atoms with van der Waals surface area (Å²) >= 11 is 12.3. The summed E-state index contributed by atoms with van der Waals surface area (Å²) in [6, 6.07) is 15.1. The molecule has 0 fully saturated rings. The van der Waals surface area contributed by atoms with Crippen molar-refractivity contribution < 1.29 is 13.9 Å². The number of carbonyl (C=O) groups is 1. The van der Waals surface area contributed by atoms with Gasteiger partial charge in [0.25, 0.3) is 0 Å². The van der Waals surface area contributed by atoms with Crippen LogP contribution in [0.3, 0.4) is 0 Å². The molecule has 0 aliphatic heterocycles. The minimum Gasteiger partial charge on any atom is -0.493 e. The molecule has 34 heavy (non-hydrogen) atoms. The highest BCUT2D eigenvalue weighted by atomic mass is 35.5. The van der Waals surface area contributed by atoms with Gasteiger partial charge >= 0.3 is 0 Å². The lowest BCUT2D eigenvalue weighted by Gasteiger charge is -2.15. The van der Waals surface area contributed by atoms with Crippen LogP contribution in [0, 0.1) is 13.8 Å². The van der Waals surface area contributed by atoms with Gasteiger partial charge in [0.1, 0.15) is 11.3 Å². The minimum absolute atomic E-state index is 0.242. The number of amides is 1. The standard InChI is InChI=1S/C28H25Cl2NO3/c1-5-33-27-18(4)28-22(23(15-34-28)19-9-11-20(29)12-10-19)14-21(27)16(2)13-26(32)31-25-8-6-7-24(30)17(25)3/h6-15H,5H2,1-4H3,(H,31,32)/b16-13+. The van der Waals surface area contributed by atoms with Gasteiger partial charge in [-0.2, -0.15) is 0 Å². The van der Waals surface area contributed by atoms with Gasteiger partial charge in [-0.05, 0) is 74.7 Å². The Morgan fingerprint density at radius 3 is 2.53 bits per heavy atom. The van der Waals surface area contributed by atoms with Crippen LogP contribution in [0.5, 0.6) is 5.75 Å². The summed E-state index contributed by atoms with van der Waals surface area (Å²) in [7, 11) is 0. The Morgan fingerprint density at radius 2 is 1.82 bits per heavy atom. The highest BCUT2D eigenvalue weighted by Crippen LogP contribution is 2.41. The topological polar surface area (TPSA) is 51.5 Å². The van der Waals surface area contributed by atoms with E-state index in [4.69, 9.17) is 32.4 Å². The fourth-order valence-electron chi connectivity index (χ4n) is 3.98. The van der Waals surface area contributed by atoms with Crippen LogP contribution in [0.4, 0.5) is 5.69 Å². The molecule has 4 aromatic rings. The quantitative estimate of drug-likeness (QED) is 0.274. The van der Waals surface area contributed by atoms with Crippen molar-refractivity contribution in [3.05, 3.63) is 87.6 Å². The highest BCUT2D eigenvalue weighted by molar-refractivity contribution is 6.32. The highest BCUT2D eigenvalue weighted by Gasteiger charge is 2.19. The fraction of sp³-hybridized carbons (Fsp3) is 0.179. The van der Waals surface area contributed by atoms with Crippen LogP contribution < -0.4 is 10.1 Å². The number of hydrogen-bond acceptors (Lipinski definition) is 3. The number of anilines is 1. The molecular weight excluding hydrogens is 469 g/mol. The third-order valence-electron chi connectivity index (χ3n) is 5.79. The van der Waals surface area contributed by atoms with E-state index in [1.54, 1.807) is 18.4 Å². The molecule has 0 saturated carbocycles. The summed E-state index contributed by atoms with van der Waals surface area (Å²) < 4.78 is 11.9. The molecular formula is C28H25Cl2NO3. The first-order chi connectivity index (χ1) is 16.3. The third kappa shape index (κ3) is 4.70. The van der Waals surface area contributed by atoms with E-state index in [1.807, 2.05) is 70.2 Å². The molecule has 1 aromatic heterocycles. The molecule has 3 aromatic carbocycles. The van der Waals surface area contributed by atoms with Crippen molar-refractivity contribution in [2.24, 2.45) is 0 Å². The summed E-state index contributed by atoms with van der Waals surface area (Å²) in [6.07, 6.45) is 3.32. The van der Waals surface area contributed by atoms with Gasteiger partial charge in [-0.15, -0.1) is 0 Å². The first-order valence-corrected chi connectivity index (χ1v) is 11.7. The van der Waals surface area contributed by atoms with E-state index in [-0.39, 0.29) is 5.91 Å². The number of carbonyl (C=O) groups excluding carboxylic acids is 1. The Hall–Kier alpha value is -3.21. The summed E-state index contributed by atoms with van der Waals surface area (Å²) in [4.78, 5) is 12.8. The van der Waals surface area contributed by atoms with Gasteiger partial charge in [-0.25, -0.2) is 0 Å². The predicted molar refractivity (Wildman–Crippen MR) is 141 cm³/mol. The van der Waals surface area contributed by atoms with Crippen molar-refractivity contribution in [1.29, 1.82) is 0 Å². The van der Waals surface area contributed by atoms with E-state index in [1.165, 1.54) is 0 Å². The fourth-order valence-corrected chi connectivity index (χ4v) is 4.28. The van der Waals surface area contributed by atoms with Crippen LogP contribution >= 0.6 is 23.2 Å². The van der Waals surface area contributed by atoms with Crippen LogP contribution in [0.1, 0.15) is 30.5 Å². The molecule has 0 unspecified atom stereocenters. The van der Waals surface area contributed by atoms with Crippen molar-refractivity contribution in [2.75, 3.05) is 11.9 Å². The van der Waals surface area contributed by atoms with Crippen LogP contribution in [-0.4, -0.2) is 12.5 Å². The Balaban J connectivity index is 1.78. The van der Waals surface area contributed by atoms with Crippen molar-refractivity contribution in [3.8, 4) is 16.9 Å². The molecule has 1 N–H and O–H groups in total. The van der Waals surface area contributed by atoms with Crippen molar-refractivity contribution >= 4 is 51.3 Å². The SMILES string of the molecule is CCOc1c(/C(C)=C/C(=O)Nc2cccc(Cl)c2C)cc2c(-c3ccc(Cl)cc3)coc2c1C. The van der Waals surface area contributed by atoms with E-state index in [0.29, 0.717) is 28.1 Å². The largest absolute Gasteiger partial charge is 0.493 e. The molecule has 174 valence electrons. The van der Waals surface area contributed by atoms with Gasteiger partial charge in [0, 0.05) is 43.9 Å². The lowest BCUT2D eigenvalue weighted by molar-refractivity contribution is -0.111. The molecule has 4 nitrogen and oxygen atoms in total.